The minimum atomic E-state index is 0.0161. The topological polar surface area (TPSA) is 108 Å². The average Bonchev–Trinajstić information content (AvgIpc) is 3.06. The Kier molecular flexibility index (Phi) is 4.29. The van der Waals surface area contributed by atoms with Gasteiger partial charge in [-0.25, -0.2) is 5.43 Å². The number of benzene rings is 2. The first kappa shape index (κ1) is 16.8. The molecule has 0 aliphatic heterocycles. The van der Waals surface area contributed by atoms with E-state index in [9.17, 15) is 5.11 Å². The second kappa shape index (κ2) is 6.91. The van der Waals surface area contributed by atoms with Crippen LogP contribution in [0.1, 0.15) is 18.1 Å². The van der Waals surface area contributed by atoms with Gasteiger partial charge < -0.3 is 14.8 Å². The van der Waals surface area contributed by atoms with Crippen LogP contribution in [0.15, 0.2) is 41.5 Å². The predicted octanol–water partition coefficient (Wildman–Crippen LogP) is 3.23. The highest BCUT2D eigenvalue weighted by molar-refractivity contribution is 6.03. The lowest BCUT2D eigenvalue weighted by atomic mass is 10.1. The summed E-state index contributed by atoms with van der Waals surface area (Å²) in [5, 5.41) is 23.5. The van der Waals surface area contributed by atoms with Crippen molar-refractivity contribution in [3.8, 4) is 11.5 Å². The average molecular weight is 362 g/mol. The van der Waals surface area contributed by atoms with Gasteiger partial charge in [-0.1, -0.05) is 19.1 Å². The summed E-state index contributed by atoms with van der Waals surface area (Å²) in [6.07, 6.45) is 2.42. The Morgan fingerprint density at radius 1 is 1.26 bits per heavy atom. The van der Waals surface area contributed by atoms with Crippen LogP contribution in [-0.2, 0) is 6.42 Å². The number of methoxy groups -OCH3 is 1. The molecule has 0 radical (unpaired) electrons. The first-order chi connectivity index (χ1) is 13.2. The van der Waals surface area contributed by atoms with E-state index < -0.39 is 0 Å². The van der Waals surface area contributed by atoms with Crippen molar-refractivity contribution in [1.29, 1.82) is 0 Å². The normalized spacial score (nSPS) is 11.5. The van der Waals surface area contributed by atoms with Crippen molar-refractivity contribution in [2.45, 2.75) is 13.3 Å². The molecule has 3 N–H and O–H groups in total. The largest absolute Gasteiger partial charge is 0.504 e. The van der Waals surface area contributed by atoms with E-state index in [1.54, 1.807) is 18.2 Å². The summed E-state index contributed by atoms with van der Waals surface area (Å²) < 4.78 is 5.07. The minimum absolute atomic E-state index is 0.0161. The first-order valence-electron chi connectivity index (χ1n) is 8.49. The van der Waals surface area contributed by atoms with Gasteiger partial charge in [-0.05, 0) is 36.2 Å². The number of nitrogens with zero attached hydrogens (tertiary/aromatic N) is 4. The third kappa shape index (κ3) is 3.12. The fourth-order valence-corrected chi connectivity index (χ4v) is 2.85. The summed E-state index contributed by atoms with van der Waals surface area (Å²) in [6, 6.07) is 11.3. The molecule has 2 aromatic carbocycles. The Bertz CT molecular complexity index is 1150. The third-order valence-electron chi connectivity index (χ3n) is 4.31. The van der Waals surface area contributed by atoms with E-state index in [4.69, 9.17) is 4.74 Å². The second-order valence-corrected chi connectivity index (χ2v) is 5.96. The molecule has 27 heavy (non-hydrogen) atoms. The molecular formula is C19H18N6O2. The zero-order valence-electron chi connectivity index (χ0n) is 14.9. The van der Waals surface area contributed by atoms with Crippen molar-refractivity contribution >= 4 is 34.2 Å². The fraction of sp³-hybridized carbons (Fsp3) is 0.158. The highest BCUT2D eigenvalue weighted by atomic mass is 16.5. The van der Waals surface area contributed by atoms with Gasteiger partial charge >= 0.3 is 0 Å². The van der Waals surface area contributed by atoms with Gasteiger partial charge in [0.2, 0.25) is 0 Å². The molecule has 0 saturated heterocycles. The van der Waals surface area contributed by atoms with E-state index in [-0.39, 0.29) is 11.7 Å². The van der Waals surface area contributed by atoms with Crippen LogP contribution in [0.3, 0.4) is 0 Å². The molecule has 2 heterocycles. The molecule has 2 aromatic heterocycles. The van der Waals surface area contributed by atoms with E-state index in [1.165, 1.54) is 18.9 Å². The van der Waals surface area contributed by atoms with Gasteiger partial charge in [0.15, 0.2) is 17.1 Å². The van der Waals surface area contributed by atoms with Crippen molar-refractivity contribution in [1.82, 2.24) is 20.2 Å². The van der Waals surface area contributed by atoms with Crippen molar-refractivity contribution in [2.24, 2.45) is 5.10 Å². The molecule has 0 unspecified atom stereocenters. The van der Waals surface area contributed by atoms with Crippen LogP contribution in [0.25, 0.3) is 22.1 Å². The summed E-state index contributed by atoms with van der Waals surface area (Å²) in [5.74, 6) is 0.647. The van der Waals surface area contributed by atoms with Gasteiger partial charge in [-0.3, -0.25) is 0 Å². The van der Waals surface area contributed by atoms with Gasteiger partial charge in [0.25, 0.3) is 5.95 Å². The number of hydrogen-bond donors (Lipinski definition) is 3. The highest BCUT2D eigenvalue weighted by Crippen LogP contribution is 2.28. The Labute approximate surface area is 154 Å². The number of phenols is 1. The first-order valence-corrected chi connectivity index (χ1v) is 8.49. The predicted molar refractivity (Wildman–Crippen MR) is 104 cm³/mol. The minimum Gasteiger partial charge on any atom is -0.504 e. The van der Waals surface area contributed by atoms with E-state index >= 15 is 0 Å². The molecule has 8 nitrogen and oxygen atoms in total. The van der Waals surface area contributed by atoms with Crippen LogP contribution >= 0.6 is 0 Å². The quantitative estimate of drug-likeness (QED) is 0.371. The summed E-state index contributed by atoms with van der Waals surface area (Å²) in [7, 11) is 1.49. The van der Waals surface area contributed by atoms with Crippen LogP contribution in [0.5, 0.6) is 11.5 Å². The molecule has 0 atom stereocenters. The van der Waals surface area contributed by atoms with Crippen LogP contribution in [-0.4, -0.2) is 38.6 Å². The lowest BCUT2D eigenvalue weighted by Gasteiger charge is -2.04. The Morgan fingerprint density at radius 3 is 2.96 bits per heavy atom. The number of fused-ring (bicyclic) bond motifs is 3. The van der Waals surface area contributed by atoms with E-state index in [0.717, 1.165) is 22.8 Å². The molecule has 0 aliphatic rings. The number of phenolic OH excluding ortho intramolecular Hbond substituents is 1. The van der Waals surface area contributed by atoms with E-state index in [1.807, 2.05) is 6.07 Å². The molecule has 136 valence electrons. The standard InChI is InChI=1S/C19H18N6O2/c1-3-11-7-8-14-13(9-11)16-18(21-14)22-19(25-23-16)24-20-10-12-5-4-6-15(27-2)17(12)26/h4-10,26H,3H2,1-2H3,(H2,21,22,24,25). The zero-order chi connectivity index (χ0) is 18.8. The van der Waals surface area contributed by atoms with Crippen LogP contribution in [0.2, 0.25) is 0 Å². The molecule has 0 amide bonds. The number of anilines is 1. The second-order valence-electron chi connectivity index (χ2n) is 5.96. The number of aromatic amines is 1. The fourth-order valence-electron chi connectivity index (χ4n) is 2.85. The molecule has 4 rings (SSSR count). The molecular weight excluding hydrogens is 344 g/mol. The third-order valence-corrected chi connectivity index (χ3v) is 4.31. The Balaban J connectivity index is 1.60. The number of aryl methyl sites for hydroxylation is 1. The monoisotopic (exact) mass is 362 g/mol. The smallest absolute Gasteiger partial charge is 0.265 e. The lowest BCUT2D eigenvalue weighted by Crippen LogP contribution is -1.99. The van der Waals surface area contributed by atoms with E-state index in [2.05, 4.69) is 49.7 Å². The molecule has 8 heteroatoms. The van der Waals surface area contributed by atoms with Crippen LogP contribution < -0.4 is 10.2 Å². The molecule has 0 saturated carbocycles. The number of H-pyrrole nitrogens is 1. The van der Waals surface area contributed by atoms with Crippen LogP contribution in [0.4, 0.5) is 5.95 Å². The van der Waals surface area contributed by atoms with E-state index in [0.29, 0.717) is 17.0 Å². The SMILES string of the molecule is CCc1ccc2[nH]c3nc(NN=Cc4cccc(OC)c4O)nnc3c2c1. The molecule has 0 bridgehead atoms. The summed E-state index contributed by atoms with van der Waals surface area (Å²) in [5.41, 5.74) is 6.79. The number of hydrogen-bond acceptors (Lipinski definition) is 7. The number of para-hydroxylation sites is 1. The van der Waals surface area contributed by atoms with Crippen molar-refractivity contribution in [2.75, 3.05) is 12.5 Å². The number of nitrogens with one attached hydrogen (secondary N) is 2. The van der Waals surface area contributed by atoms with Gasteiger partial charge in [0, 0.05) is 16.5 Å². The molecule has 0 fully saturated rings. The summed E-state index contributed by atoms with van der Waals surface area (Å²) in [6.45, 7) is 2.11. The number of ether oxygens (including phenoxy) is 1. The van der Waals surface area contributed by atoms with Gasteiger partial charge in [-0.15, -0.1) is 10.2 Å². The maximum Gasteiger partial charge on any atom is 0.265 e. The lowest BCUT2D eigenvalue weighted by molar-refractivity contribution is 0.373. The van der Waals surface area contributed by atoms with Crippen LogP contribution in [0, 0.1) is 0 Å². The summed E-state index contributed by atoms with van der Waals surface area (Å²) >= 11 is 0. The number of aromatic nitrogens is 4. The van der Waals surface area contributed by atoms with Gasteiger partial charge in [0.05, 0.1) is 13.3 Å². The molecule has 4 aromatic rings. The maximum absolute atomic E-state index is 10.1. The maximum atomic E-state index is 10.1. The Hall–Kier alpha value is -3.68. The van der Waals surface area contributed by atoms with Crippen molar-refractivity contribution < 1.29 is 9.84 Å². The van der Waals surface area contributed by atoms with Gasteiger partial charge in [0.1, 0.15) is 5.52 Å². The number of rotatable bonds is 5. The van der Waals surface area contributed by atoms with Gasteiger partial charge in [-0.2, -0.15) is 10.1 Å². The Morgan fingerprint density at radius 2 is 2.15 bits per heavy atom. The van der Waals surface area contributed by atoms with Crippen molar-refractivity contribution in [3.05, 3.63) is 47.5 Å². The highest BCUT2D eigenvalue weighted by Gasteiger charge is 2.09. The summed E-state index contributed by atoms with van der Waals surface area (Å²) in [4.78, 5) is 7.65. The zero-order valence-corrected chi connectivity index (χ0v) is 14.9. The number of aromatic hydroxyl groups is 1. The van der Waals surface area contributed by atoms with Crippen molar-refractivity contribution in [3.63, 3.8) is 0 Å². The molecule has 0 aliphatic carbocycles. The number of hydrazone groups is 1. The molecule has 0 spiro atoms.